The van der Waals surface area contributed by atoms with Crippen molar-refractivity contribution in [2.75, 3.05) is 18.4 Å². The molecule has 1 fully saturated rings. The van der Waals surface area contributed by atoms with Crippen LogP contribution in [0.1, 0.15) is 12.8 Å². The molecule has 0 saturated heterocycles. The molecule has 1 aromatic rings. The van der Waals surface area contributed by atoms with E-state index < -0.39 is 11.4 Å². The fourth-order valence-electron chi connectivity index (χ4n) is 1.69. The topological polar surface area (TPSA) is 78.4 Å². The molecule has 5 nitrogen and oxygen atoms in total. The second-order valence-electron chi connectivity index (χ2n) is 4.58. The average molecular weight is 248 g/mol. The summed E-state index contributed by atoms with van der Waals surface area (Å²) in [6.07, 6.45) is 1.30. The van der Waals surface area contributed by atoms with Crippen LogP contribution in [0.3, 0.4) is 0 Å². The molecule has 0 aliphatic heterocycles. The van der Waals surface area contributed by atoms with Gasteiger partial charge in [0.15, 0.2) is 0 Å². The van der Waals surface area contributed by atoms with Crippen LogP contribution in [0.4, 0.5) is 5.69 Å². The second kappa shape index (κ2) is 5.08. The number of rotatable bonds is 6. The van der Waals surface area contributed by atoms with Crippen LogP contribution >= 0.6 is 0 Å². The van der Waals surface area contributed by atoms with E-state index in [0.717, 1.165) is 5.69 Å². The highest BCUT2D eigenvalue weighted by Crippen LogP contribution is 2.45. The standard InChI is InChI=1S/C13H16N2O3/c16-11(8-14-10-4-2-1-3-5-10)15-9-13(6-7-13)12(17)18/h1-5,14H,6-9H2,(H,15,16)(H,17,18). The Morgan fingerprint density at radius 1 is 1.22 bits per heavy atom. The molecule has 1 amide bonds. The highest BCUT2D eigenvalue weighted by molar-refractivity contribution is 5.83. The fourth-order valence-corrected chi connectivity index (χ4v) is 1.69. The lowest BCUT2D eigenvalue weighted by molar-refractivity contribution is -0.143. The summed E-state index contributed by atoms with van der Waals surface area (Å²) in [5.41, 5.74) is 0.162. The van der Waals surface area contributed by atoms with Crippen LogP contribution in [0.5, 0.6) is 0 Å². The Morgan fingerprint density at radius 2 is 1.89 bits per heavy atom. The third kappa shape index (κ3) is 3.00. The van der Waals surface area contributed by atoms with Crippen molar-refractivity contribution in [2.45, 2.75) is 12.8 Å². The smallest absolute Gasteiger partial charge is 0.311 e. The SMILES string of the molecule is O=C(CNc1ccccc1)NCC1(C(=O)O)CC1. The van der Waals surface area contributed by atoms with E-state index in [2.05, 4.69) is 10.6 Å². The summed E-state index contributed by atoms with van der Waals surface area (Å²) in [5, 5.41) is 14.6. The zero-order valence-electron chi connectivity index (χ0n) is 9.98. The highest BCUT2D eigenvalue weighted by atomic mass is 16.4. The number of hydrogen-bond donors (Lipinski definition) is 3. The molecule has 0 bridgehead atoms. The number of hydrogen-bond acceptors (Lipinski definition) is 3. The van der Waals surface area contributed by atoms with Crippen LogP contribution in [0, 0.1) is 5.41 Å². The van der Waals surface area contributed by atoms with E-state index in [1.54, 1.807) is 0 Å². The van der Waals surface area contributed by atoms with Gasteiger partial charge in [-0.1, -0.05) is 18.2 Å². The van der Waals surface area contributed by atoms with Gasteiger partial charge in [0.05, 0.1) is 12.0 Å². The molecule has 0 aromatic heterocycles. The first kappa shape index (κ1) is 12.4. The van der Waals surface area contributed by atoms with Crippen molar-refractivity contribution in [3.8, 4) is 0 Å². The number of carboxylic acid groups (broad SMARTS) is 1. The minimum atomic E-state index is -0.821. The monoisotopic (exact) mass is 248 g/mol. The van der Waals surface area contributed by atoms with Gasteiger partial charge in [-0.2, -0.15) is 0 Å². The Bertz CT molecular complexity index is 441. The van der Waals surface area contributed by atoms with Crippen LogP contribution in [0.15, 0.2) is 30.3 Å². The number of anilines is 1. The van der Waals surface area contributed by atoms with Crippen LogP contribution < -0.4 is 10.6 Å². The number of carbonyl (C=O) groups excluding carboxylic acids is 1. The predicted molar refractivity (Wildman–Crippen MR) is 67.2 cm³/mol. The third-order valence-electron chi connectivity index (χ3n) is 3.16. The maximum absolute atomic E-state index is 11.5. The molecule has 0 unspecified atom stereocenters. The van der Waals surface area contributed by atoms with Crippen molar-refractivity contribution in [1.82, 2.24) is 5.32 Å². The number of carbonyl (C=O) groups is 2. The van der Waals surface area contributed by atoms with Gasteiger partial charge in [-0.3, -0.25) is 9.59 Å². The zero-order valence-corrected chi connectivity index (χ0v) is 9.98. The lowest BCUT2D eigenvalue weighted by Gasteiger charge is -2.11. The Balaban J connectivity index is 1.72. The summed E-state index contributed by atoms with van der Waals surface area (Å²) in [7, 11) is 0. The minimum absolute atomic E-state index is 0.152. The minimum Gasteiger partial charge on any atom is -0.481 e. The molecule has 96 valence electrons. The number of aliphatic carboxylic acids is 1. The summed E-state index contributed by atoms with van der Waals surface area (Å²) in [6, 6.07) is 9.39. The van der Waals surface area contributed by atoms with Gasteiger partial charge in [-0.15, -0.1) is 0 Å². The first-order valence-corrected chi connectivity index (χ1v) is 5.91. The maximum Gasteiger partial charge on any atom is 0.311 e. The van der Waals surface area contributed by atoms with E-state index >= 15 is 0 Å². The van der Waals surface area contributed by atoms with E-state index in [9.17, 15) is 9.59 Å². The summed E-state index contributed by atoms with van der Waals surface area (Å²) in [4.78, 5) is 22.5. The quantitative estimate of drug-likeness (QED) is 0.704. The van der Waals surface area contributed by atoms with Gasteiger partial charge in [-0.05, 0) is 25.0 Å². The highest BCUT2D eigenvalue weighted by Gasteiger charge is 2.50. The molecule has 1 aliphatic carbocycles. The van der Waals surface area contributed by atoms with Gasteiger partial charge >= 0.3 is 5.97 Å². The lowest BCUT2D eigenvalue weighted by atomic mass is 10.1. The Morgan fingerprint density at radius 3 is 2.44 bits per heavy atom. The normalized spacial score (nSPS) is 15.8. The molecule has 18 heavy (non-hydrogen) atoms. The lowest BCUT2D eigenvalue weighted by Crippen LogP contribution is -2.37. The molecule has 3 N–H and O–H groups in total. The molecule has 5 heteroatoms. The van der Waals surface area contributed by atoms with E-state index in [0.29, 0.717) is 12.8 Å². The molecular weight excluding hydrogens is 232 g/mol. The molecule has 1 saturated carbocycles. The third-order valence-corrected chi connectivity index (χ3v) is 3.16. The maximum atomic E-state index is 11.5. The Labute approximate surface area is 105 Å². The average Bonchev–Trinajstić information content (AvgIpc) is 3.16. The van der Waals surface area contributed by atoms with Crippen LogP contribution in [0.2, 0.25) is 0 Å². The van der Waals surface area contributed by atoms with E-state index in [1.807, 2.05) is 30.3 Å². The molecule has 0 spiro atoms. The molecule has 0 heterocycles. The summed E-state index contributed by atoms with van der Waals surface area (Å²) < 4.78 is 0. The predicted octanol–water partition coefficient (Wildman–Crippen LogP) is 1.08. The Kier molecular flexibility index (Phi) is 3.50. The second-order valence-corrected chi connectivity index (χ2v) is 4.58. The first-order chi connectivity index (χ1) is 8.62. The van der Waals surface area contributed by atoms with E-state index in [1.165, 1.54) is 0 Å². The van der Waals surface area contributed by atoms with Gasteiger partial charge in [0.25, 0.3) is 0 Å². The molecule has 0 atom stereocenters. The first-order valence-electron chi connectivity index (χ1n) is 5.91. The van der Waals surface area contributed by atoms with Gasteiger partial charge < -0.3 is 15.7 Å². The van der Waals surface area contributed by atoms with Gasteiger partial charge in [-0.25, -0.2) is 0 Å². The van der Waals surface area contributed by atoms with Crippen molar-refractivity contribution in [2.24, 2.45) is 5.41 Å². The zero-order chi connectivity index (χ0) is 13.0. The summed E-state index contributed by atoms with van der Waals surface area (Å²) >= 11 is 0. The van der Waals surface area contributed by atoms with Crippen molar-refractivity contribution in [1.29, 1.82) is 0 Å². The van der Waals surface area contributed by atoms with Gasteiger partial charge in [0.2, 0.25) is 5.91 Å². The largest absolute Gasteiger partial charge is 0.481 e. The van der Waals surface area contributed by atoms with Crippen LogP contribution in [-0.2, 0) is 9.59 Å². The molecular formula is C13H16N2O3. The summed E-state index contributed by atoms with van der Waals surface area (Å²) in [5.74, 6) is -1.01. The van der Waals surface area contributed by atoms with Crippen molar-refractivity contribution < 1.29 is 14.7 Å². The van der Waals surface area contributed by atoms with Gasteiger partial charge in [0.1, 0.15) is 0 Å². The van der Waals surface area contributed by atoms with Crippen molar-refractivity contribution in [3.63, 3.8) is 0 Å². The molecule has 1 aliphatic rings. The number of carboxylic acids is 1. The van der Waals surface area contributed by atoms with E-state index in [-0.39, 0.29) is 19.0 Å². The van der Waals surface area contributed by atoms with Gasteiger partial charge in [0, 0.05) is 12.2 Å². The van der Waals surface area contributed by atoms with Crippen LogP contribution in [-0.4, -0.2) is 30.1 Å². The van der Waals surface area contributed by atoms with E-state index in [4.69, 9.17) is 5.11 Å². The Hall–Kier alpha value is -2.04. The molecule has 2 rings (SSSR count). The molecule has 1 aromatic carbocycles. The van der Waals surface area contributed by atoms with Crippen molar-refractivity contribution >= 4 is 17.6 Å². The summed E-state index contributed by atoms with van der Waals surface area (Å²) in [6.45, 7) is 0.372. The fraction of sp³-hybridized carbons (Fsp3) is 0.385. The number of nitrogens with one attached hydrogen (secondary N) is 2. The molecule has 0 radical (unpaired) electrons. The van der Waals surface area contributed by atoms with Crippen LogP contribution in [0.25, 0.3) is 0 Å². The van der Waals surface area contributed by atoms with Crippen molar-refractivity contribution in [3.05, 3.63) is 30.3 Å². The number of amides is 1. The number of benzene rings is 1. The number of para-hydroxylation sites is 1.